The van der Waals surface area contributed by atoms with E-state index in [0.717, 1.165) is 12.8 Å². The molecule has 4 heteroatoms. The predicted octanol–water partition coefficient (Wildman–Crippen LogP) is 0.335. The zero-order valence-corrected chi connectivity index (χ0v) is 7.69. The minimum Gasteiger partial charge on any atom is -0.468 e. The molecule has 1 N–H and O–H groups in total. The summed E-state index contributed by atoms with van der Waals surface area (Å²) in [5, 5.41) is 2.98. The maximum Gasteiger partial charge on any atom is 0.322 e. The van der Waals surface area contributed by atoms with Gasteiger partial charge in [-0.1, -0.05) is 5.92 Å². The molecule has 0 aromatic heterocycles. The van der Waals surface area contributed by atoms with Crippen LogP contribution in [-0.4, -0.2) is 25.2 Å². The molecule has 0 amide bonds. The van der Waals surface area contributed by atoms with Gasteiger partial charge in [-0.05, 0) is 12.8 Å². The Bertz CT molecular complexity index is 200. The first-order valence-electron chi connectivity index (χ1n) is 3.58. The Hall–Kier alpha value is -0.720. The molecular weight excluding hydrogens is 178 g/mol. The van der Waals surface area contributed by atoms with E-state index >= 15 is 0 Å². The Morgan fingerprint density at radius 3 is 2.75 bits per heavy atom. The minimum atomic E-state index is -0.220. The van der Waals surface area contributed by atoms with Crippen molar-refractivity contribution >= 4 is 18.4 Å². The van der Waals surface area contributed by atoms with Gasteiger partial charge in [0.15, 0.2) is 0 Å². The molecule has 1 fully saturated rings. The number of hydrogen-bond donors (Lipinski definition) is 1. The van der Waals surface area contributed by atoms with Gasteiger partial charge in [-0.25, -0.2) is 0 Å². The Balaban J connectivity index is 0.00000121. The average Bonchev–Trinajstić information content (AvgIpc) is 2.50. The smallest absolute Gasteiger partial charge is 0.322 e. The van der Waals surface area contributed by atoms with Gasteiger partial charge in [-0.3, -0.25) is 10.1 Å². The molecule has 0 radical (unpaired) electrons. The van der Waals surface area contributed by atoms with E-state index in [1.807, 2.05) is 0 Å². The average molecular weight is 190 g/mol. The van der Waals surface area contributed by atoms with E-state index in [9.17, 15) is 4.79 Å². The van der Waals surface area contributed by atoms with Crippen LogP contribution in [0.15, 0.2) is 0 Å². The van der Waals surface area contributed by atoms with E-state index in [0.29, 0.717) is 0 Å². The molecule has 0 aromatic carbocycles. The Kier molecular flexibility index (Phi) is 4.72. The van der Waals surface area contributed by atoms with Crippen LogP contribution in [0.5, 0.6) is 0 Å². The summed E-state index contributed by atoms with van der Waals surface area (Å²) in [7, 11) is 1.38. The summed E-state index contributed by atoms with van der Waals surface area (Å²) < 4.78 is 4.56. The zero-order valence-electron chi connectivity index (χ0n) is 6.87. The first-order chi connectivity index (χ1) is 5.27. The van der Waals surface area contributed by atoms with Gasteiger partial charge in [0, 0.05) is 0 Å². The lowest BCUT2D eigenvalue weighted by Crippen LogP contribution is -2.35. The molecule has 3 nitrogen and oxygen atoms in total. The molecule has 0 bridgehead atoms. The zero-order chi connectivity index (χ0) is 8.27. The summed E-state index contributed by atoms with van der Waals surface area (Å²) in [6, 6.07) is -0.153. The molecule has 0 saturated carbocycles. The molecular formula is C8H12ClNO2. The van der Waals surface area contributed by atoms with Crippen molar-refractivity contribution in [2.45, 2.75) is 24.9 Å². The van der Waals surface area contributed by atoms with E-state index in [-0.39, 0.29) is 30.5 Å². The third kappa shape index (κ3) is 2.40. The van der Waals surface area contributed by atoms with Gasteiger partial charge in [0.25, 0.3) is 0 Å². The maximum absolute atomic E-state index is 10.9. The summed E-state index contributed by atoms with van der Waals surface area (Å²) in [4.78, 5) is 10.9. The molecule has 2 atom stereocenters. The van der Waals surface area contributed by atoms with Crippen molar-refractivity contribution in [1.82, 2.24) is 5.32 Å². The van der Waals surface area contributed by atoms with Gasteiger partial charge < -0.3 is 4.74 Å². The number of carbonyl (C=O) groups excluding carboxylic acids is 1. The molecule has 1 heterocycles. The van der Waals surface area contributed by atoms with Crippen molar-refractivity contribution in [2.24, 2.45) is 0 Å². The molecule has 1 rings (SSSR count). The van der Waals surface area contributed by atoms with Gasteiger partial charge in [0.2, 0.25) is 0 Å². The van der Waals surface area contributed by atoms with Crippen LogP contribution in [0.4, 0.5) is 0 Å². The molecule has 68 valence electrons. The lowest BCUT2D eigenvalue weighted by molar-refractivity contribution is -0.142. The number of halogens is 1. The van der Waals surface area contributed by atoms with Gasteiger partial charge in [0.05, 0.1) is 13.2 Å². The monoisotopic (exact) mass is 189 g/mol. The van der Waals surface area contributed by atoms with Crippen LogP contribution in [0.2, 0.25) is 0 Å². The summed E-state index contributed by atoms with van der Waals surface area (Å²) in [5.74, 6) is 2.33. The van der Waals surface area contributed by atoms with Crippen LogP contribution in [0.1, 0.15) is 12.8 Å². The van der Waals surface area contributed by atoms with E-state index < -0.39 is 0 Å². The van der Waals surface area contributed by atoms with Crippen LogP contribution < -0.4 is 5.32 Å². The molecule has 1 aliphatic heterocycles. The van der Waals surface area contributed by atoms with Gasteiger partial charge in [-0.15, -0.1) is 18.8 Å². The van der Waals surface area contributed by atoms with Crippen molar-refractivity contribution in [3.8, 4) is 12.3 Å². The number of carbonyl (C=O) groups is 1. The second kappa shape index (κ2) is 5.02. The predicted molar refractivity (Wildman–Crippen MR) is 48.0 cm³/mol. The fourth-order valence-corrected chi connectivity index (χ4v) is 1.20. The van der Waals surface area contributed by atoms with Crippen molar-refractivity contribution in [3.63, 3.8) is 0 Å². The highest BCUT2D eigenvalue weighted by atomic mass is 35.5. The Morgan fingerprint density at radius 1 is 1.67 bits per heavy atom. The van der Waals surface area contributed by atoms with Gasteiger partial charge in [0.1, 0.15) is 6.04 Å². The normalized spacial score (nSPS) is 27.0. The fraction of sp³-hybridized carbons (Fsp3) is 0.625. The number of methoxy groups -OCH3 is 1. The van der Waals surface area contributed by atoms with E-state index in [2.05, 4.69) is 16.0 Å². The minimum absolute atomic E-state index is 0. The SMILES string of the molecule is C#C[C@H]1CC[C@@H](C(=O)OC)N1.Cl. The van der Waals surface area contributed by atoms with Crippen LogP contribution >= 0.6 is 12.4 Å². The van der Waals surface area contributed by atoms with Crippen LogP contribution in [-0.2, 0) is 9.53 Å². The second-order valence-corrected chi connectivity index (χ2v) is 2.54. The van der Waals surface area contributed by atoms with E-state index in [1.165, 1.54) is 7.11 Å². The first kappa shape index (κ1) is 11.3. The quantitative estimate of drug-likeness (QED) is 0.478. The van der Waals surface area contributed by atoms with E-state index in [4.69, 9.17) is 6.42 Å². The van der Waals surface area contributed by atoms with Crippen LogP contribution in [0, 0.1) is 12.3 Å². The summed E-state index contributed by atoms with van der Waals surface area (Å²) in [6.07, 6.45) is 6.81. The third-order valence-corrected chi connectivity index (χ3v) is 1.83. The summed E-state index contributed by atoms with van der Waals surface area (Å²) in [5.41, 5.74) is 0. The lowest BCUT2D eigenvalue weighted by atomic mass is 10.2. The fourth-order valence-electron chi connectivity index (χ4n) is 1.20. The summed E-state index contributed by atoms with van der Waals surface area (Å²) in [6.45, 7) is 0. The highest BCUT2D eigenvalue weighted by molar-refractivity contribution is 5.85. The number of hydrogen-bond acceptors (Lipinski definition) is 3. The van der Waals surface area contributed by atoms with Crippen molar-refractivity contribution in [1.29, 1.82) is 0 Å². The third-order valence-electron chi connectivity index (χ3n) is 1.83. The molecule has 1 saturated heterocycles. The standard InChI is InChI=1S/C8H11NO2.ClH/c1-3-6-4-5-7(9-6)8(10)11-2;/h1,6-7,9H,4-5H2,2H3;1H/t6-,7-;/m0./s1. The number of ether oxygens (including phenoxy) is 1. The van der Waals surface area contributed by atoms with E-state index in [1.54, 1.807) is 0 Å². The molecule has 0 unspecified atom stereocenters. The molecule has 12 heavy (non-hydrogen) atoms. The highest BCUT2D eigenvalue weighted by Gasteiger charge is 2.28. The molecule has 0 spiro atoms. The molecule has 0 aromatic rings. The van der Waals surface area contributed by atoms with Gasteiger partial charge >= 0.3 is 5.97 Å². The van der Waals surface area contributed by atoms with Crippen LogP contribution in [0.25, 0.3) is 0 Å². The van der Waals surface area contributed by atoms with Crippen molar-refractivity contribution in [3.05, 3.63) is 0 Å². The van der Waals surface area contributed by atoms with Crippen molar-refractivity contribution in [2.75, 3.05) is 7.11 Å². The Morgan fingerprint density at radius 2 is 2.33 bits per heavy atom. The highest BCUT2D eigenvalue weighted by Crippen LogP contribution is 2.12. The summed E-state index contributed by atoms with van der Waals surface area (Å²) >= 11 is 0. The van der Waals surface area contributed by atoms with Gasteiger partial charge in [-0.2, -0.15) is 0 Å². The number of rotatable bonds is 1. The number of terminal acetylenes is 1. The molecule has 1 aliphatic rings. The van der Waals surface area contributed by atoms with Crippen molar-refractivity contribution < 1.29 is 9.53 Å². The molecule has 0 aliphatic carbocycles. The Labute approximate surface area is 78.3 Å². The second-order valence-electron chi connectivity index (χ2n) is 2.54. The topological polar surface area (TPSA) is 38.3 Å². The largest absolute Gasteiger partial charge is 0.468 e. The maximum atomic E-state index is 10.9. The number of esters is 1. The first-order valence-corrected chi connectivity index (χ1v) is 3.58. The number of nitrogens with one attached hydrogen (secondary N) is 1. The lowest BCUT2D eigenvalue weighted by Gasteiger charge is -2.07. The van der Waals surface area contributed by atoms with Crippen LogP contribution in [0.3, 0.4) is 0 Å².